The molecule has 2 N–H and O–H groups in total. The van der Waals surface area contributed by atoms with E-state index < -0.39 is 12.2 Å². The molecule has 0 fully saturated rings. The van der Waals surface area contributed by atoms with Crippen molar-refractivity contribution < 1.29 is 14.4 Å². The molecule has 0 amide bonds. The summed E-state index contributed by atoms with van der Waals surface area (Å²) in [5.41, 5.74) is -0.0571. The second kappa shape index (κ2) is 3.54. The van der Waals surface area contributed by atoms with Crippen LogP contribution in [0.1, 0.15) is 0 Å². The van der Waals surface area contributed by atoms with Crippen molar-refractivity contribution in [1.82, 2.24) is 0 Å². The van der Waals surface area contributed by atoms with Gasteiger partial charge >= 0.3 is 7.12 Å². The van der Waals surface area contributed by atoms with Gasteiger partial charge in [-0.25, -0.2) is 0 Å². The van der Waals surface area contributed by atoms with Gasteiger partial charge in [-0.2, -0.15) is 4.39 Å². The van der Waals surface area contributed by atoms with Crippen molar-refractivity contribution in [1.29, 1.82) is 0 Å². The van der Waals surface area contributed by atoms with Gasteiger partial charge in [-0.15, -0.1) is 24.0 Å². The lowest BCUT2D eigenvalue weighted by Crippen LogP contribution is -2.31. The van der Waals surface area contributed by atoms with E-state index in [0.29, 0.717) is 10.1 Å². The Bertz CT molecular complexity index is 483. The molecule has 6 heteroatoms. The van der Waals surface area contributed by atoms with E-state index in [4.69, 9.17) is 10.0 Å². The zero-order valence-corrected chi connectivity index (χ0v) is 8.65. The quantitative estimate of drug-likeness (QED) is 0.503. The Morgan fingerprint density at radius 2 is 2.07 bits per heavy atom. The van der Waals surface area contributed by atoms with E-state index in [2.05, 4.69) is 12.6 Å². The van der Waals surface area contributed by atoms with Crippen LogP contribution in [0, 0.1) is 5.13 Å². The van der Waals surface area contributed by atoms with Gasteiger partial charge < -0.3 is 10.0 Å². The third-order valence-electron chi connectivity index (χ3n) is 1.92. The molecule has 2 nitrogen and oxygen atoms in total. The molecule has 0 unspecified atom stereocenters. The Morgan fingerprint density at radius 3 is 2.71 bits per heavy atom. The smallest absolute Gasteiger partial charge is 0.423 e. The highest BCUT2D eigenvalue weighted by molar-refractivity contribution is 7.80. The number of thiophene rings is 1. The van der Waals surface area contributed by atoms with E-state index in [9.17, 15) is 4.39 Å². The molecule has 0 radical (unpaired) electrons. The van der Waals surface area contributed by atoms with E-state index in [1.165, 1.54) is 0 Å². The molecule has 1 heterocycles. The van der Waals surface area contributed by atoms with Crippen LogP contribution in [-0.4, -0.2) is 17.2 Å². The predicted molar refractivity (Wildman–Crippen MR) is 58.9 cm³/mol. The topological polar surface area (TPSA) is 40.5 Å². The van der Waals surface area contributed by atoms with Crippen LogP contribution in [0.15, 0.2) is 23.1 Å². The van der Waals surface area contributed by atoms with Gasteiger partial charge in [-0.1, -0.05) is 6.07 Å². The minimum atomic E-state index is -1.77. The van der Waals surface area contributed by atoms with Crippen molar-refractivity contribution in [3.63, 3.8) is 0 Å². The van der Waals surface area contributed by atoms with E-state index in [0.717, 1.165) is 16.2 Å². The molecule has 2 aromatic rings. The fraction of sp³-hybridized carbons (Fsp3) is 0. The molecule has 0 saturated heterocycles. The fourth-order valence-corrected chi connectivity index (χ4v) is 2.60. The summed E-state index contributed by atoms with van der Waals surface area (Å²) in [5.74, 6) is 0. The summed E-state index contributed by atoms with van der Waals surface area (Å²) >= 11 is 5.00. The van der Waals surface area contributed by atoms with E-state index >= 15 is 0 Å². The molecule has 72 valence electrons. The first-order chi connectivity index (χ1) is 6.59. The van der Waals surface area contributed by atoms with Crippen LogP contribution < -0.4 is 5.46 Å². The zero-order valence-electron chi connectivity index (χ0n) is 6.94. The number of fused-ring (bicyclic) bond motifs is 1. The van der Waals surface area contributed by atoms with Crippen LogP contribution in [0.3, 0.4) is 0 Å². The Morgan fingerprint density at radius 1 is 1.36 bits per heavy atom. The number of hydrogen-bond acceptors (Lipinski definition) is 4. The van der Waals surface area contributed by atoms with Crippen molar-refractivity contribution in [3.05, 3.63) is 23.3 Å². The van der Waals surface area contributed by atoms with Crippen molar-refractivity contribution in [2.45, 2.75) is 4.90 Å². The van der Waals surface area contributed by atoms with Gasteiger partial charge in [0, 0.05) is 15.1 Å². The second-order valence-corrected chi connectivity index (χ2v) is 4.36. The molecule has 14 heavy (non-hydrogen) atoms. The van der Waals surface area contributed by atoms with Gasteiger partial charge in [-0.05, 0) is 17.5 Å². The lowest BCUT2D eigenvalue weighted by molar-refractivity contribution is 0.424. The highest BCUT2D eigenvalue weighted by Crippen LogP contribution is 2.25. The van der Waals surface area contributed by atoms with Crippen molar-refractivity contribution in [3.8, 4) is 0 Å². The van der Waals surface area contributed by atoms with Gasteiger partial charge in [0.05, 0.1) is 0 Å². The highest BCUT2D eigenvalue weighted by atomic mass is 32.1. The summed E-state index contributed by atoms with van der Waals surface area (Å²) in [6.45, 7) is 0. The molecule has 1 aromatic heterocycles. The molecule has 0 spiro atoms. The monoisotopic (exact) mass is 228 g/mol. The lowest BCUT2D eigenvalue weighted by atomic mass is 9.80. The van der Waals surface area contributed by atoms with Gasteiger partial charge in [0.25, 0.3) is 0 Å². The van der Waals surface area contributed by atoms with Crippen LogP contribution in [0.25, 0.3) is 10.1 Å². The maximum atomic E-state index is 13.3. The summed E-state index contributed by atoms with van der Waals surface area (Å²) in [4.78, 5) is 0.720. The van der Waals surface area contributed by atoms with Crippen LogP contribution >= 0.6 is 24.0 Å². The Kier molecular flexibility index (Phi) is 2.53. The third kappa shape index (κ3) is 1.54. The SMILES string of the molecule is OB(O)c1c(F)sc2cc(S)ccc12. The number of rotatable bonds is 1. The number of thiol groups is 1. The largest absolute Gasteiger partial charge is 0.493 e. The first kappa shape index (κ1) is 9.98. The van der Waals surface area contributed by atoms with Crippen LogP contribution in [-0.2, 0) is 0 Å². The molecule has 0 saturated carbocycles. The van der Waals surface area contributed by atoms with Gasteiger partial charge in [0.1, 0.15) is 0 Å². The van der Waals surface area contributed by atoms with E-state index in [1.54, 1.807) is 18.2 Å². The van der Waals surface area contributed by atoms with Crippen molar-refractivity contribution in [2.24, 2.45) is 0 Å². The molecule has 1 aromatic carbocycles. The molecular formula is C8H6BFO2S2. The standard InChI is InChI=1S/C8H6BFO2S2/c10-8-7(9(11)12)5-2-1-4(13)3-6(5)14-8/h1-3,11-13H. The first-order valence-corrected chi connectivity index (χ1v) is 5.13. The number of halogens is 1. The predicted octanol–water partition coefficient (Wildman–Crippen LogP) is 1.01. The summed E-state index contributed by atoms with van der Waals surface area (Å²) in [5, 5.41) is 17.9. The molecule has 0 aliphatic rings. The summed E-state index contributed by atoms with van der Waals surface area (Å²) in [7, 11) is -1.77. The van der Waals surface area contributed by atoms with Crippen LogP contribution in [0.4, 0.5) is 4.39 Å². The average molecular weight is 228 g/mol. The van der Waals surface area contributed by atoms with Crippen molar-refractivity contribution in [2.75, 3.05) is 0 Å². The van der Waals surface area contributed by atoms with E-state index in [1.807, 2.05) is 0 Å². The van der Waals surface area contributed by atoms with Crippen LogP contribution in [0.5, 0.6) is 0 Å². The van der Waals surface area contributed by atoms with Crippen molar-refractivity contribution >= 4 is 46.6 Å². The second-order valence-electron chi connectivity index (χ2n) is 2.84. The number of hydrogen-bond donors (Lipinski definition) is 3. The fourth-order valence-electron chi connectivity index (χ4n) is 1.32. The highest BCUT2D eigenvalue weighted by Gasteiger charge is 2.22. The third-order valence-corrected chi connectivity index (χ3v) is 3.16. The minimum Gasteiger partial charge on any atom is -0.423 e. The minimum absolute atomic E-state index is 0.0571. The molecule has 0 atom stereocenters. The maximum absolute atomic E-state index is 13.3. The lowest BCUT2D eigenvalue weighted by Gasteiger charge is -1.97. The first-order valence-electron chi connectivity index (χ1n) is 3.86. The van der Waals surface area contributed by atoms with Gasteiger partial charge in [0.15, 0.2) is 5.13 Å². The molecule has 0 aliphatic carbocycles. The molecule has 2 rings (SSSR count). The normalized spacial score (nSPS) is 10.9. The summed E-state index contributed by atoms with van der Waals surface area (Å²) < 4.78 is 13.9. The van der Waals surface area contributed by atoms with Crippen LogP contribution in [0.2, 0.25) is 0 Å². The summed E-state index contributed by atoms with van der Waals surface area (Å²) in [6, 6.07) is 5.01. The van der Waals surface area contributed by atoms with E-state index in [-0.39, 0.29) is 5.46 Å². The molecule has 0 bridgehead atoms. The Hall–Kier alpha value is -0.555. The average Bonchev–Trinajstić information content (AvgIpc) is 2.39. The summed E-state index contributed by atoms with van der Waals surface area (Å²) in [6.07, 6.45) is 0. The van der Waals surface area contributed by atoms with Gasteiger partial charge in [-0.3, -0.25) is 0 Å². The Balaban J connectivity index is 2.77. The zero-order chi connectivity index (χ0) is 10.3. The van der Waals surface area contributed by atoms with Gasteiger partial charge in [0.2, 0.25) is 0 Å². The number of benzene rings is 1. The molecular weight excluding hydrogens is 222 g/mol. The maximum Gasteiger partial charge on any atom is 0.493 e. The Labute approximate surface area is 89.6 Å². The molecule has 0 aliphatic heterocycles.